The van der Waals surface area contributed by atoms with E-state index in [1.54, 1.807) is 0 Å². The first kappa shape index (κ1) is 16.2. The Kier molecular flexibility index (Phi) is 5.98. The molecule has 7 heteroatoms. The van der Waals surface area contributed by atoms with Crippen LogP contribution in [-0.4, -0.2) is 52.0 Å². The number of morpholine rings is 1. The van der Waals surface area contributed by atoms with Crippen LogP contribution in [0.5, 0.6) is 0 Å². The number of carbonyl (C=O) groups excluding carboxylic acids is 1. The third-order valence-electron chi connectivity index (χ3n) is 3.25. The van der Waals surface area contributed by atoms with Crippen LogP contribution >= 0.6 is 15.9 Å². The predicted octanol–water partition coefficient (Wildman–Crippen LogP) is 1.20. The molecule has 0 aromatic heterocycles. The van der Waals surface area contributed by atoms with E-state index < -0.39 is 6.04 Å². The van der Waals surface area contributed by atoms with Gasteiger partial charge in [-0.1, -0.05) is 15.9 Å². The van der Waals surface area contributed by atoms with Gasteiger partial charge in [0.15, 0.2) is 0 Å². The van der Waals surface area contributed by atoms with Crippen LogP contribution < -0.4 is 16.0 Å². The van der Waals surface area contributed by atoms with Gasteiger partial charge < -0.3 is 25.4 Å². The summed E-state index contributed by atoms with van der Waals surface area (Å²) < 4.78 is 11.2. The van der Waals surface area contributed by atoms with E-state index >= 15 is 0 Å². The fourth-order valence-electron chi connectivity index (χ4n) is 2.17. The standard InChI is InChI=1S/C14H20BrN3O3/c1-20-9-11(16)14(19)17-12-8-10(15)2-3-13(12)18-4-6-21-7-5-18/h2-3,8,11H,4-7,9,16H2,1H3,(H,17,19). The average molecular weight is 358 g/mol. The minimum absolute atomic E-state index is 0.187. The van der Waals surface area contributed by atoms with Gasteiger partial charge in [0, 0.05) is 24.7 Å². The zero-order valence-electron chi connectivity index (χ0n) is 12.0. The van der Waals surface area contributed by atoms with Crippen molar-refractivity contribution in [1.29, 1.82) is 0 Å². The molecule has 1 aromatic carbocycles. The molecule has 1 heterocycles. The summed E-state index contributed by atoms with van der Waals surface area (Å²) in [6, 6.07) is 5.12. The molecule has 1 aliphatic rings. The van der Waals surface area contributed by atoms with E-state index in [1.807, 2.05) is 18.2 Å². The van der Waals surface area contributed by atoms with Crippen molar-refractivity contribution < 1.29 is 14.3 Å². The normalized spacial score (nSPS) is 16.6. The monoisotopic (exact) mass is 357 g/mol. The molecular weight excluding hydrogens is 338 g/mol. The fraction of sp³-hybridized carbons (Fsp3) is 0.500. The topological polar surface area (TPSA) is 76.8 Å². The number of hydrogen-bond donors (Lipinski definition) is 2. The molecule has 1 aromatic rings. The van der Waals surface area contributed by atoms with E-state index in [2.05, 4.69) is 26.1 Å². The Morgan fingerprint density at radius 3 is 2.90 bits per heavy atom. The molecule has 1 fully saturated rings. The maximum Gasteiger partial charge on any atom is 0.243 e. The number of halogens is 1. The highest BCUT2D eigenvalue weighted by Gasteiger charge is 2.19. The van der Waals surface area contributed by atoms with Crippen molar-refractivity contribution in [2.75, 3.05) is 50.2 Å². The number of ether oxygens (including phenoxy) is 2. The third kappa shape index (κ3) is 4.41. The molecule has 21 heavy (non-hydrogen) atoms. The summed E-state index contributed by atoms with van der Waals surface area (Å²) in [6.07, 6.45) is 0. The lowest BCUT2D eigenvalue weighted by atomic mass is 10.2. The molecule has 0 aliphatic carbocycles. The molecule has 6 nitrogen and oxygen atoms in total. The van der Waals surface area contributed by atoms with Crippen LogP contribution in [-0.2, 0) is 14.3 Å². The molecular formula is C14H20BrN3O3. The van der Waals surface area contributed by atoms with Crippen LogP contribution in [0, 0.1) is 0 Å². The van der Waals surface area contributed by atoms with Gasteiger partial charge in [0.1, 0.15) is 6.04 Å². The van der Waals surface area contributed by atoms with Crippen molar-refractivity contribution in [3.63, 3.8) is 0 Å². The first-order valence-electron chi connectivity index (χ1n) is 6.79. The molecule has 3 N–H and O–H groups in total. The van der Waals surface area contributed by atoms with Crippen molar-refractivity contribution in [3.8, 4) is 0 Å². The van der Waals surface area contributed by atoms with Gasteiger partial charge >= 0.3 is 0 Å². The van der Waals surface area contributed by atoms with Crippen molar-refractivity contribution >= 4 is 33.2 Å². The van der Waals surface area contributed by atoms with E-state index in [9.17, 15) is 4.79 Å². The van der Waals surface area contributed by atoms with Crippen LogP contribution in [0.1, 0.15) is 0 Å². The second kappa shape index (κ2) is 7.74. The van der Waals surface area contributed by atoms with Gasteiger partial charge in [0.2, 0.25) is 5.91 Å². The van der Waals surface area contributed by atoms with Crippen LogP contribution in [0.2, 0.25) is 0 Å². The molecule has 0 radical (unpaired) electrons. The van der Waals surface area contributed by atoms with Crippen molar-refractivity contribution in [3.05, 3.63) is 22.7 Å². The summed E-state index contributed by atoms with van der Waals surface area (Å²) in [4.78, 5) is 14.3. The van der Waals surface area contributed by atoms with E-state index in [4.69, 9.17) is 15.2 Å². The van der Waals surface area contributed by atoms with Gasteiger partial charge in [0.05, 0.1) is 31.2 Å². The number of nitrogens with zero attached hydrogens (tertiary/aromatic N) is 1. The summed E-state index contributed by atoms with van der Waals surface area (Å²) in [6.45, 7) is 3.16. The summed E-state index contributed by atoms with van der Waals surface area (Å²) in [7, 11) is 1.52. The SMILES string of the molecule is COCC(N)C(=O)Nc1cc(Br)ccc1N1CCOCC1. The minimum Gasteiger partial charge on any atom is -0.383 e. The van der Waals surface area contributed by atoms with Gasteiger partial charge in [-0.2, -0.15) is 0 Å². The highest BCUT2D eigenvalue weighted by molar-refractivity contribution is 9.10. The van der Waals surface area contributed by atoms with Crippen LogP contribution in [0.25, 0.3) is 0 Å². The number of benzene rings is 1. The molecule has 0 saturated carbocycles. The number of methoxy groups -OCH3 is 1. The number of nitrogens with two attached hydrogens (primary N) is 1. The molecule has 0 spiro atoms. The van der Waals surface area contributed by atoms with Gasteiger partial charge in [-0.3, -0.25) is 4.79 Å². The lowest BCUT2D eigenvalue weighted by Gasteiger charge is -2.30. The fourth-order valence-corrected chi connectivity index (χ4v) is 2.53. The molecule has 1 unspecified atom stereocenters. The summed E-state index contributed by atoms with van der Waals surface area (Å²) in [5.74, 6) is -0.260. The smallest absolute Gasteiger partial charge is 0.243 e. The number of carbonyl (C=O) groups is 1. The Labute approximate surface area is 132 Å². The molecule has 116 valence electrons. The summed E-state index contributed by atoms with van der Waals surface area (Å²) in [5, 5.41) is 2.88. The van der Waals surface area contributed by atoms with Gasteiger partial charge in [-0.15, -0.1) is 0 Å². The number of hydrogen-bond acceptors (Lipinski definition) is 5. The lowest BCUT2D eigenvalue weighted by Crippen LogP contribution is -2.40. The Morgan fingerprint density at radius 2 is 2.24 bits per heavy atom. The molecule has 1 aliphatic heterocycles. The van der Waals surface area contributed by atoms with E-state index in [0.29, 0.717) is 13.2 Å². The molecule has 0 bridgehead atoms. The molecule has 1 saturated heterocycles. The van der Waals surface area contributed by atoms with Crippen molar-refractivity contribution in [2.24, 2.45) is 5.73 Å². The molecule has 1 amide bonds. The first-order chi connectivity index (χ1) is 10.1. The number of rotatable bonds is 5. The van der Waals surface area contributed by atoms with Crippen molar-refractivity contribution in [1.82, 2.24) is 0 Å². The number of nitrogens with one attached hydrogen (secondary N) is 1. The lowest BCUT2D eigenvalue weighted by molar-refractivity contribution is -0.118. The Hall–Kier alpha value is -1.15. The van der Waals surface area contributed by atoms with E-state index in [-0.39, 0.29) is 12.5 Å². The quantitative estimate of drug-likeness (QED) is 0.827. The highest BCUT2D eigenvalue weighted by Crippen LogP contribution is 2.30. The predicted molar refractivity (Wildman–Crippen MR) is 85.7 cm³/mol. The molecule has 2 rings (SSSR count). The minimum atomic E-state index is -0.688. The van der Waals surface area contributed by atoms with Gasteiger partial charge in [0.25, 0.3) is 0 Å². The Balaban J connectivity index is 2.16. The zero-order valence-corrected chi connectivity index (χ0v) is 13.6. The maximum atomic E-state index is 12.1. The van der Waals surface area contributed by atoms with E-state index in [1.165, 1.54) is 7.11 Å². The second-order valence-electron chi connectivity index (χ2n) is 4.81. The Bertz CT molecular complexity index is 492. The van der Waals surface area contributed by atoms with Crippen LogP contribution in [0.15, 0.2) is 22.7 Å². The van der Waals surface area contributed by atoms with Gasteiger partial charge in [-0.25, -0.2) is 0 Å². The highest BCUT2D eigenvalue weighted by atomic mass is 79.9. The van der Waals surface area contributed by atoms with Gasteiger partial charge in [-0.05, 0) is 18.2 Å². The largest absolute Gasteiger partial charge is 0.383 e. The second-order valence-corrected chi connectivity index (χ2v) is 5.73. The average Bonchev–Trinajstić information content (AvgIpc) is 2.48. The summed E-state index contributed by atoms with van der Waals surface area (Å²) in [5.41, 5.74) is 7.47. The number of anilines is 2. The summed E-state index contributed by atoms with van der Waals surface area (Å²) >= 11 is 3.43. The number of amides is 1. The molecule has 1 atom stereocenters. The van der Waals surface area contributed by atoms with Crippen LogP contribution in [0.3, 0.4) is 0 Å². The van der Waals surface area contributed by atoms with Crippen LogP contribution in [0.4, 0.5) is 11.4 Å². The Morgan fingerprint density at radius 1 is 1.52 bits per heavy atom. The van der Waals surface area contributed by atoms with E-state index in [0.717, 1.165) is 28.9 Å². The zero-order chi connectivity index (χ0) is 15.2. The first-order valence-corrected chi connectivity index (χ1v) is 7.58. The van der Waals surface area contributed by atoms with Crippen molar-refractivity contribution in [2.45, 2.75) is 6.04 Å². The maximum absolute atomic E-state index is 12.1. The third-order valence-corrected chi connectivity index (χ3v) is 3.74.